The first-order valence-electron chi connectivity index (χ1n) is 15.7. The van der Waals surface area contributed by atoms with Crippen LogP contribution in [0.15, 0.2) is 36.7 Å². The number of nitrogens with one attached hydrogen (secondary N) is 2. The van der Waals surface area contributed by atoms with Crippen molar-refractivity contribution in [1.82, 2.24) is 25.2 Å². The van der Waals surface area contributed by atoms with Gasteiger partial charge in [0.15, 0.2) is 0 Å². The SMILES string of the molecule is CC1c2c([nH]c(N)c2/C=C(\N)c2ccccc2O)CCN1c1ncc(C2CCN(C3CC4(CCNCC4)C3)CC2)cn1. The number of para-hydroxylation sites is 1. The van der Waals surface area contributed by atoms with Crippen LogP contribution in [0.3, 0.4) is 0 Å². The quantitative estimate of drug-likeness (QED) is 0.306. The van der Waals surface area contributed by atoms with E-state index in [1.54, 1.807) is 12.1 Å². The van der Waals surface area contributed by atoms with E-state index in [1.165, 1.54) is 70.3 Å². The molecule has 0 bridgehead atoms. The van der Waals surface area contributed by atoms with Gasteiger partial charge in [0.1, 0.15) is 11.6 Å². The Morgan fingerprint density at radius 1 is 1.07 bits per heavy atom. The molecule has 3 aliphatic heterocycles. The highest BCUT2D eigenvalue weighted by molar-refractivity contribution is 5.86. The van der Waals surface area contributed by atoms with Crippen LogP contribution in [0.2, 0.25) is 0 Å². The van der Waals surface area contributed by atoms with Gasteiger partial charge in [0, 0.05) is 59.5 Å². The van der Waals surface area contributed by atoms with E-state index in [-0.39, 0.29) is 11.8 Å². The van der Waals surface area contributed by atoms with Crippen molar-refractivity contribution >= 4 is 23.5 Å². The molecule has 0 amide bonds. The normalized spacial score (nSPS) is 23.6. The second-order valence-corrected chi connectivity index (χ2v) is 13.0. The third-order valence-corrected chi connectivity index (χ3v) is 10.6. The molecule has 9 heteroatoms. The second kappa shape index (κ2) is 10.9. The fourth-order valence-electron chi connectivity index (χ4n) is 8.09. The number of phenols is 1. The Labute approximate surface area is 248 Å². The Morgan fingerprint density at radius 2 is 1.79 bits per heavy atom. The number of nitrogens with two attached hydrogens (primary N) is 2. The van der Waals surface area contributed by atoms with Gasteiger partial charge in [-0.3, -0.25) is 0 Å². The lowest BCUT2D eigenvalue weighted by atomic mass is 9.60. The van der Waals surface area contributed by atoms with Crippen LogP contribution in [0.5, 0.6) is 5.75 Å². The van der Waals surface area contributed by atoms with E-state index in [4.69, 9.17) is 21.4 Å². The molecule has 7 rings (SSSR count). The van der Waals surface area contributed by atoms with Crippen molar-refractivity contribution in [2.75, 3.05) is 43.4 Å². The van der Waals surface area contributed by atoms with Crippen LogP contribution in [0.4, 0.5) is 11.8 Å². The summed E-state index contributed by atoms with van der Waals surface area (Å²) in [5, 5.41) is 13.8. The van der Waals surface area contributed by atoms with Crippen LogP contribution in [0.1, 0.15) is 85.4 Å². The molecule has 3 fully saturated rings. The molecule has 1 unspecified atom stereocenters. The summed E-state index contributed by atoms with van der Waals surface area (Å²) in [5.41, 5.74) is 18.9. The number of aromatic amines is 1. The highest BCUT2D eigenvalue weighted by Gasteiger charge is 2.47. The standard InChI is InChI=1S/C33H44N8O/c1-21-30-26(16-27(34)25-4-2-3-5-29(25)42)31(35)39-28(30)8-15-41(21)32-37-19-23(20-38-32)22-6-13-40(14-7-22)24-17-33(18-24)9-11-36-12-10-33/h2-5,16,19-22,24,36,39,42H,6-15,17-18,34-35H2,1H3/b27-16-. The van der Waals surface area contributed by atoms with Crippen molar-refractivity contribution in [3.63, 3.8) is 0 Å². The summed E-state index contributed by atoms with van der Waals surface area (Å²) >= 11 is 0. The fourth-order valence-corrected chi connectivity index (χ4v) is 8.09. The van der Waals surface area contributed by atoms with Gasteiger partial charge in [-0.1, -0.05) is 12.1 Å². The summed E-state index contributed by atoms with van der Waals surface area (Å²) in [6.45, 7) is 7.75. The highest BCUT2D eigenvalue weighted by atomic mass is 16.3. The van der Waals surface area contributed by atoms with Crippen molar-refractivity contribution in [3.05, 3.63) is 64.6 Å². The van der Waals surface area contributed by atoms with E-state index in [9.17, 15) is 5.11 Å². The summed E-state index contributed by atoms with van der Waals surface area (Å²) in [7, 11) is 0. The van der Waals surface area contributed by atoms with Gasteiger partial charge in [0.25, 0.3) is 0 Å². The van der Waals surface area contributed by atoms with E-state index < -0.39 is 0 Å². The molecular formula is C33H44N8O. The summed E-state index contributed by atoms with van der Waals surface area (Å²) in [4.78, 5) is 18.1. The molecule has 1 aromatic carbocycles. The van der Waals surface area contributed by atoms with Crippen LogP contribution in [-0.4, -0.2) is 63.7 Å². The number of anilines is 2. The van der Waals surface area contributed by atoms with Gasteiger partial charge in [0.2, 0.25) is 5.95 Å². The lowest BCUT2D eigenvalue weighted by molar-refractivity contribution is -0.0292. The van der Waals surface area contributed by atoms with Crippen molar-refractivity contribution < 1.29 is 5.11 Å². The Kier molecular flexibility index (Phi) is 7.10. The number of hydrogen-bond donors (Lipinski definition) is 5. The summed E-state index contributed by atoms with van der Waals surface area (Å²) in [6, 6.07) is 7.90. The molecule has 3 aromatic rings. The minimum atomic E-state index is 0.0190. The third-order valence-electron chi connectivity index (χ3n) is 10.6. The number of nitrogen functional groups attached to an aromatic ring is 1. The Balaban J connectivity index is 1.01. The zero-order chi connectivity index (χ0) is 28.8. The maximum atomic E-state index is 10.3. The first-order chi connectivity index (χ1) is 20.4. The summed E-state index contributed by atoms with van der Waals surface area (Å²) in [5.74, 6) is 2.02. The number of aromatic hydroxyl groups is 1. The number of phenolic OH excluding ortho intramolecular Hbond substituents is 1. The number of likely N-dealkylation sites (tertiary alicyclic amines) is 1. The molecule has 2 aromatic heterocycles. The average Bonchev–Trinajstić information content (AvgIpc) is 3.32. The van der Waals surface area contributed by atoms with Crippen LogP contribution >= 0.6 is 0 Å². The number of piperidine rings is 2. The third kappa shape index (κ3) is 4.92. The molecule has 7 N–H and O–H groups in total. The van der Waals surface area contributed by atoms with Crippen molar-refractivity contribution in [1.29, 1.82) is 0 Å². The molecule has 0 radical (unpaired) electrons. The monoisotopic (exact) mass is 568 g/mol. The van der Waals surface area contributed by atoms with Gasteiger partial charge >= 0.3 is 0 Å². The van der Waals surface area contributed by atoms with E-state index >= 15 is 0 Å². The number of nitrogens with zero attached hydrogens (tertiary/aromatic N) is 4. The fraction of sp³-hybridized carbons (Fsp3) is 0.515. The van der Waals surface area contributed by atoms with Crippen molar-refractivity contribution in [3.8, 4) is 5.75 Å². The van der Waals surface area contributed by atoms with Crippen molar-refractivity contribution in [2.24, 2.45) is 11.1 Å². The number of aromatic nitrogens is 3. The molecule has 1 atom stereocenters. The molecular weight excluding hydrogens is 524 g/mol. The van der Waals surface area contributed by atoms with E-state index in [2.05, 4.69) is 39.4 Å². The molecule has 5 heterocycles. The maximum absolute atomic E-state index is 10.3. The van der Waals surface area contributed by atoms with Gasteiger partial charge in [-0.05, 0) is 107 Å². The summed E-state index contributed by atoms with van der Waals surface area (Å²) < 4.78 is 0. The molecule has 42 heavy (non-hydrogen) atoms. The lowest BCUT2D eigenvalue weighted by Crippen LogP contribution is -2.55. The molecule has 1 saturated carbocycles. The largest absolute Gasteiger partial charge is 0.507 e. The van der Waals surface area contributed by atoms with Crippen LogP contribution < -0.4 is 21.7 Å². The van der Waals surface area contributed by atoms with Crippen LogP contribution in [-0.2, 0) is 6.42 Å². The minimum Gasteiger partial charge on any atom is -0.507 e. The number of fused-ring (bicyclic) bond motifs is 1. The molecule has 1 aliphatic carbocycles. The average molecular weight is 569 g/mol. The molecule has 4 aliphatic rings. The smallest absolute Gasteiger partial charge is 0.225 e. The highest BCUT2D eigenvalue weighted by Crippen LogP contribution is 2.50. The number of rotatable bonds is 5. The second-order valence-electron chi connectivity index (χ2n) is 13.0. The van der Waals surface area contributed by atoms with E-state index in [0.29, 0.717) is 28.4 Å². The summed E-state index contributed by atoms with van der Waals surface area (Å²) in [6.07, 6.45) is 14.7. The van der Waals surface area contributed by atoms with Gasteiger partial charge in [-0.25, -0.2) is 9.97 Å². The van der Waals surface area contributed by atoms with Gasteiger partial charge in [-0.2, -0.15) is 0 Å². The predicted octanol–water partition coefficient (Wildman–Crippen LogP) is 4.38. The van der Waals surface area contributed by atoms with Crippen molar-refractivity contribution in [2.45, 2.75) is 69.9 Å². The number of benzene rings is 1. The van der Waals surface area contributed by atoms with Gasteiger partial charge < -0.3 is 36.7 Å². The topological polar surface area (TPSA) is 132 Å². The molecule has 1 spiro atoms. The zero-order valence-corrected chi connectivity index (χ0v) is 24.6. The Bertz CT molecular complexity index is 1440. The first-order valence-corrected chi connectivity index (χ1v) is 15.7. The number of H-pyrrole nitrogens is 1. The molecule has 9 nitrogen and oxygen atoms in total. The van der Waals surface area contributed by atoms with Gasteiger partial charge in [0.05, 0.1) is 6.04 Å². The Morgan fingerprint density at radius 3 is 2.50 bits per heavy atom. The van der Waals surface area contributed by atoms with E-state index in [1.807, 2.05) is 18.2 Å². The van der Waals surface area contributed by atoms with Crippen LogP contribution in [0, 0.1) is 5.41 Å². The molecule has 2 saturated heterocycles. The molecule has 222 valence electrons. The zero-order valence-electron chi connectivity index (χ0n) is 24.6. The lowest BCUT2D eigenvalue weighted by Gasteiger charge is -2.55. The van der Waals surface area contributed by atoms with Crippen LogP contribution in [0.25, 0.3) is 11.8 Å². The minimum absolute atomic E-state index is 0.0190. The first kappa shape index (κ1) is 27.3. The maximum Gasteiger partial charge on any atom is 0.225 e. The predicted molar refractivity (Wildman–Crippen MR) is 168 cm³/mol. The van der Waals surface area contributed by atoms with E-state index in [0.717, 1.165) is 41.8 Å². The Hall–Kier alpha value is -3.56. The van der Waals surface area contributed by atoms with Gasteiger partial charge in [-0.15, -0.1) is 0 Å². The number of hydrogen-bond acceptors (Lipinski definition) is 8.